The van der Waals surface area contributed by atoms with Gasteiger partial charge in [0, 0.05) is 0 Å². The molecule has 2 heteroatoms. The van der Waals surface area contributed by atoms with Crippen LogP contribution in [0.15, 0.2) is 12.7 Å². The van der Waals surface area contributed by atoms with Crippen molar-refractivity contribution in [1.29, 1.82) is 0 Å². The Hall–Kier alpha value is -0.340. The van der Waals surface area contributed by atoms with Crippen molar-refractivity contribution < 1.29 is 0 Å². The van der Waals surface area contributed by atoms with E-state index in [-0.39, 0.29) is 0 Å². The number of rotatable bonds is 8. The molecule has 0 aliphatic rings. The van der Waals surface area contributed by atoms with Gasteiger partial charge in [-0.15, -0.1) is 6.58 Å². The van der Waals surface area contributed by atoms with E-state index in [1.54, 1.807) is 0 Å². The van der Waals surface area contributed by atoms with Gasteiger partial charge >= 0.3 is 0 Å². The van der Waals surface area contributed by atoms with Crippen LogP contribution in [0.2, 0.25) is 0 Å². The van der Waals surface area contributed by atoms with Gasteiger partial charge in [-0.05, 0) is 39.0 Å². The third-order valence-corrected chi connectivity index (χ3v) is 1.48. The largest absolute Gasteiger partial charge is 0.317 e. The predicted octanol–water partition coefficient (Wildman–Crippen LogP) is 1.15. The summed E-state index contributed by atoms with van der Waals surface area (Å²) in [5.41, 5.74) is 0. The molecule has 11 heavy (non-hydrogen) atoms. The SMILES string of the molecule is C=CCCNCCCNCC. The summed E-state index contributed by atoms with van der Waals surface area (Å²) in [7, 11) is 0. The molecule has 0 rings (SSSR count). The molecule has 0 amide bonds. The summed E-state index contributed by atoms with van der Waals surface area (Å²) < 4.78 is 0. The zero-order valence-corrected chi connectivity index (χ0v) is 7.53. The molecule has 0 heterocycles. The van der Waals surface area contributed by atoms with Gasteiger partial charge in [-0.2, -0.15) is 0 Å². The lowest BCUT2D eigenvalue weighted by Crippen LogP contribution is -2.22. The Morgan fingerprint density at radius 2 is 1.91 bits per heavy atom. The van der Waals surface area contributed by atoms with E-state index in [4.69, 9.17) is 0 Å². The number of hydrogen-bond acceptors (Lipinski definition) is 2. The van der Waals surface area contributed by atoms with Crippen LogP contribution in [0.4, 0.5) is 0 Å². The summed E-state index contributed by atoms with van der Waals surface area (Å²) in [6, 6.07) is 0. The molecule has 0 aliphatic carbocycles. The predicted molar refractivity (Wildman–Crippen MR) is 50.8 cm³/mol. The van der Waals surface area contributed by atoms with Crippen molar-refractivity contribution in [3.8, 4) is 0 Å². The second-order valence-corrected chi connectivity index (χ2v) is 2.53. The molecule has 0 saturated heterocycles. The fourth-order valence-corrected chi connectivity index (χ4v) is 0.844. The minimum absolute atomic E-state index is 1.07. The van der Waals surface area contributed by atoms with E-state index >= 15 is 0 Å². The summed E-state index contributed by atoms with van der Waals surface area (Å²) in [6.07, 6.45) is 4.23. The van der Waals surface area contributed by atoms with E-state index < -0.39 is 0 Å². The fourth-order valence-electron chi connectivity index (χ4n) is 0.844. The maximum absolute atomic E-state index is 3.66. The summed E-state index contributed by atoms with van der Waals surface area (Å²) in [5, 5.41) is 6.61. The monoisotopic (exact) mass is 156 g/mol. The maximum atomic E-state index is 3.66. The quantitative estimate of drug-likeness (QED) is 0.407. The van der Waals surface area contributed by atoms with Gasteiger partial charge in [0.15, 0.2) is 0 Å². The molecule has 0 radical (unpaired) electrons. The average molecular weight is 156 g/mol. The number of nitrogens with one attached hydrogen (secondary N) is 2. The first-order valence-corrected chi connectivity index (χ1v) is 4.44. The second kappa shape index (κ2) is 9.66. The lowest BCUT2D eigenvalue weighted by atomic mass is 10.4. The Labute approximate surface area is 70.1 Å². The van der Waals surface area contributed by atoms with Gasteiger partial charge in [0.2, 0.25) is 0 Å². The Morgan fingerprint density at radius 3 is 2.55 bits per heavy atom. The molecule has 0 atom stereocenters. The highest BCUT2D eigenvalue weighted by Crippen LogP contribution is 1.77. The molecule has 2 N–H and O–H groups in total. The van der Waals surface area contributed by atoms with Crippen molar-refractivity contribution in [3.63, 3.8) is 0 Å². The van der Waals surface area contributed by atoms with Crippen molar-refractivity contribution >= 4 is 0 Å². The fraction of sp³-hybridized carbons (Fsp3) is 0.778. The van der Waals surface area contributed by atoms with Gasteiger partial charge < -0.3 is 10.6 Å². The zero-order valence-electron chi connectivity index (χ0n) is 7.53. The molecule has 66 valence electrons. The summed E-state index contributed by atoms with van der Waals surface area (Å²) >= 11 is 0. The van der Waals surface area contributed by atoms with Gasteiger partial charge in [-0.25, -0.2) is 0 Å². The highest BCUT2D eigenvalue weighted by Gasteiger charge is 1.85. The zero-order chi connectivity index (χ0) is 8.36. The molecule has 0 aliphatic heterocycles. The second-order valence-electron chi connectivity index (χ2n) is 2.53. The molecule has 0 spiro atoms. The first-order valence-electron chi connectivity index (χ1n) is 4.44. The van der Waals surface area contributed by atoms with Crippen molar-refractivity contribution in [2.45, 2.75) is 19.8 Å². The summed E-state index contributed by atoms with van der Waals surface area (Å²) in [6.45, 7) is 10.2. The third-order valence-electron chi connectivity index (χ3n) is 1.48. The van der Waals surface area contributed by atoms with Crippen molar-refractivity contribution in [3.05, 3.63) is 12.7 Å². The van der Waals surface area contributed by atoms with Gasteiger partial charge in [0.1, 0.15) is 0 Å². The smallest absolute Gasteiger partial charge is 0.00144 e. The van der Waals surface area contributed by atoms with Crippen molar-refractivity contribution in [2.75, 3.05) is 26.2 Å². The standard InChI is InChI=1S/C9H20N2/c1-3-5-7-11-9-6-8-10-4-2/h3,10-11H,1,4-9H2,2H3. The van der Waals surface area contributed by atoms with E-state index in [1.165, 1.54) is 6.42 Å². The molecular formula is C9H20N2. The number of hydrogen-bond donors (Lipinski definition) is 2. The van der Waals surface area contributed by atoms with Crippen LogP contribution < -0.4 is 10.6 Å². The van der Waals surface area contributed by atoms with E-state index in [0.29, 0.717) is 0 Å². The van der Waals surface area contributed by atoms with E-state index in [0.717, 1.165) is 32.6 Å². The molecule has 0 saturated carbocycles. The first kappa shape index (κ1) is 10.7. The topological polar surface area (TPSA) is 24.1 Å². The highest BCUT2D eigenvalue weighted by molar-refractivity contribution is 4.67. The van der Waals surface area contributed by atoms with Crippen LogP contribution in [0.3, 0.4) is 0 Å². The molecule has 0 unspecified atom stereocenters. The first-order chi connectivity index (χ1) is 5.41. The van der Waals surface area contributed by atoms with Gasteiger partial charge in [0.25, 0.3) is 0 Å². The van der Waals surface area contributed by atoms with Crippen LogP contribution in [-0.2, 0) is 0 Å². The van der Waals surface area contributed by atoms with Crippen LogP contribution in [0.1, 0.15) is 19.8 Å². The summed E-state index contributed by atoms with van der Waals surface area (Å²) in [5.74, 6) is 0. The molecule has 0 fully saturated rings. The third kappa shape index (κ3) is 9.66. The van der Waals surface area contributed by atoms with Crippen LogP contribution in [0.5, 0.6) is 0 Å². The van der Waals surface area contributed by atoms with Gasteiger partial charge in [0.05, 0.1) is 0 Å². The lowest BCUT2D eigenvalue weighted by molar-refractivity contribution is 0.609. The van der Waals surface area contributed by atoms with Crippen molar-refractivity contribution in [1.82, 2.24) is 10.6 Å². The maximum Gasteiger partial charge on any atom is -0.00144 e. The van der Waals surface area contributed by atoms with Crippen molar-refractivity contribution in [2.24, 2.45) is 0 Å². The van der Waals surface area contributed by atoms with Gasteiger partial charge in [-0.3, -0.25) is 0 Å². The van der Waals surface area contributed by atoms with E-state index in [1.807, 2.05) is 6.08 Å². The van der Waals surface area contributed by atoms with Crippen LogP contribution in [0, 0.1) is 0 Å². The Balaban J connectivity index is 2.74. The lowest BCUT2D eigenvalue weighted by Gasteiger charge is -2.02. The molecule has 0 aromatic rings. The highest BCUT2D eigenvalue weighted by atomic mass is 14.9. The Kier molecular flexibility index (Phi) is 9.36. The molecule has 0 aromatic heterocycles. The van der Waals surface area contributed by atoms with E-state index in [2.05, 4.69) is 24.1 Å². The molecule has 0 bridgehead atoms. The normalized spacial score (nSPS) is 9.91. The Morgan fingerprint density at radius 1 is 1.18 bits per heavy atom. The molecule has 2 nitrogen and oxygen atoms in total. The van der Waals surface area contributed by atoms with Crippen LogP contribution in [-0.4, -0.2) is 26.2 Å². The van der Waals surface area contributed by atoms with E-state index in [9.17, 15) is 0 Å². The molecule has 0 aromatic carbocycles. The summed E-state index contributed by atoms with van der Waals surface area (Å²) in [4.78, 5) is 0. The van der Waals surface area contributed by atoms with Crippen LogP contribution in [0.25, 0.3) is 0 Å². The minimum atomic E-state index is 1.07. The Bertz CT molecular complexity index is 81.6. The molecular weight excluding hydrogens is 136 g/mol. The minimum Gasteiger partial charge on any atom is -0.317 e. The van der Waals surface area contributed by atoms with Crippen LogP contribution >= 0.6 is 0 Å². The van der Waals surface area contributed by atoms with Gasteiger partial charge in [-0.1, -0.05) is 13.0 Å². The average Bonchev–Trinajstić information content (AvgIpc) is 2.03.